The van der Waals surface area contributed by atoms with E-state index in [2.05, 4.69) is 5.32 Å². The molecule has 2 heterocycles. The Kier molecular flexibility index (Phi) is 5.10. The van der Waals surface area contributed by atoms with Crippen LogP contribution in [-0.2, 0) is 4.79 Å². The topological polar surface area (TPSA) is 89.8 Å². The van der Waals surface area contributed by atoms with Gasteiger partial charge in [0, 0.05) is 30.2 Å². The fourth-order valence-corrected chi connectivity index (χ4v) is 3.97. The Labute approximate surface area is 175 Å². The zero-order valence-electron chi connectivity index (χ0n) is 16.6. The number of aromatic nitrogens is 1. The van der Waals surface area contributed by atoms with Crippen LogP contribution < -0.4 is 14.8 Å². The van der Waals surface area contributed by atoms with E-state index < -0.39 is 29.4 Å². The highest BCUT2D eigenvalue weighted by molar-refractivity contribution is 6.04. The first-order valence-corrected chi connectivity index (χ1v) is 9.29. The van der Waals surface area contributed by atoms with Gasteiger partial charge in [-0.1, -0.05) is 12.1 Å². The standard InChI is InChI=1S/C22H18F2N2O5/c1-30-17-5-3-4-14(21(17)31-2)15-9-18(27)25-19-16(22(28)29)10-26(20(15)19)13-7-11(23)6-12(24)8-13/h3-8,10,15H,9H2,1-2H3,(H,25,27)(H,28,29)/t15-/m0/s1. The zero-order chi connectivity index (χ0) is 22.3. The van der Waals surface area contributed by atoms with Crippen LogP contribution in [0.25, 0.3) is 5.69 Å². The number of nitrogens with zero attached hydrogens (tertiary/aromatic N) is 1. The first-order chi connectivity index (χ1) is 14.8. The minimum atomic E-state index is -1.29. The average Bonchev–Trinajstić information content (AvgIpc) is 3.11. The highest BCUT2D eigenvalue weighted by Crippen LogP contribution is 2.46. The van der Waals surface area contributed by atoms with Crippen LogP contribution in [0.4, 0.5) is 14.5 Å². The van der Waals surface area contributed by atoms with Crippen LogP contribution in [0, 0.1) is 11.6 Å². The van der Waals surface area contributed by atoms with Crippen LogP contribution >= 0.6 is 0 Å². The maximum absolute atomic E-state index is 13.9. The Morgan fingerprint density at radius 3 is 2.48 bits per heavy atom. The minimum absolute atomic E-state index is 0.0304. The van der Waals surface area contributed by atoms with Gasteiger partial charge in [-0.2, -0.15) is 0 Å². The van der Waals surface area contributed by atoms with Gasteiger partial charge >= 0.3 is 5.97 Å². The molecule has 0 aliphatic carbocycles. The molecule has 0 spiro atoms. The van der Waals surface area contributed by atoms with Gasteiger partial charge in [0.1, 0.15) is 17.2 Å². The summed E-state index contributed by atoms with van der Waals surface area (Å²) in [5.74, 6) is -3.16. The number of hydrogen-bond donors (Lipinski definition) is 2. The number of para-hydroxylation sites is 1. The normalized spacial score (nSPS) is 15.2. The first-order valence-electron chi connectivity index (χ1n) is 9.29. The van der Waals surface area contributed by atoms with E-state index in [0.717, 1.165) is 18.2 Å². The van der Waals surface area contributed by atoms with Gasteiger partial charge in [0.05, 0.1) is 31.3 Å². The quantitative estimate of drug-likeness (QED) is 0.643. The molecule has 1 amide bonds. The minimum Gasteiger partial charge on any atom is -0.493 e. The summed E-state index contributed by atoms with van der Waals surface area (Å²) >= 11 is 0. The Hall–Kier alpha value is -3.88. The van der Waals surface area contributed by atoms with Crippen molar-refractivity contribution in [2.45, 2.75) is 12.3 Å². The summed E-state index contributed by atoms with van der Waals surface area (Å²) in [5.41, 5.74) is 0.909. The number of fused-ring (bicyclic) bond motifs is 1. The number of ether oxygens (including phenoxy) is 2. The monoisotopic (exact) mass is 428 g/mol. The number of nitrogens with one attached hydrogen (secondary N) is 1. The maximum Gasteiger partial charge on any atom is 0.339 e. The number of aromatic carboxylic acids is 1. The molecule has 1 aliphatic heterocycles. The lowest BCUT2D eigenvalue weighted by Gasteiger charge is -2.27. The summed E-state index contributed by atoms with van der Waals surface area (Å²) < 4.78 is 40.1. The van der Waals surface area contributed by atoms with Crippen LogP contribution in [0.3, 0.4) is 0 Å². The summed E-state index contributed by atoms with van der Waals surface area (Å²) in [6.45, 7) is 0. The number of anilines is 1. The number of rotatable bonds is 5. The Bertz CT molecular complexity index is 1180. The lowest BCUT2D eigenvalue weighted by molar-refractivity contribution is -0.116. The molecule has 0 unspecified atom stereocenters. The molecular formula is C22H18F2N2O5. The molecule has 2 N–H and O–H groups in total. The Morgan fingerprint density at radius 1 is 1.16 bits per heavy atom. The van der Waals surface area contributed by atoms with E-state index in [1.54, 1.807) is 18.2 Å². The molecule has 160 valence electrons. The predicted molar refractivity (Wildman–Crippen MR) is 107 cm³/mol. The molecule has 0 saturated heterocycles. The summed E-state index contributed by atoms with van der Waals surface area (Å²) in [7, 11) is 2.93. The second-order valence-electron chi connectivity index (χ2n) is 6.99. The SMILES string of the molecule is COc1cccc([C@@H]2CC(=O)Nc3c(C(=O)O)cn(-c4cc(F)cc(F)c4)c32)c1OC. The van der Waals surface area contributed by atoms with E-state index in [1.807, 2.05) is 0 Å². The lowest BCUT2D eigenvalue weighted by Crippen LogP contribution is -2.26. The second-order valence-corrected chi connectivity index (χ2v) is 6.99. The van der Waals surface area contributed by atoms with Crippen molar-refractivity contribution in [2.75, 3.05) is 19.5 Å². The lowest BCUT2D eigenvalue weighted by atomic mass is 9.87. The van der Waals surface area contributed by atoms with Gasteiger partial charge in [0.25, 0.3) is 0 Å². The molecule has 7 nitrogen and oxygen atoms in total. The van der Waals surface area contributed by atoms with Crippen LogP contribution in [0.5, 0.6) is 11.5 Å². The molecule has 9 heteroatoms. The summed E-state index contributed by atoms with van der Waals surface area (Å²) in [6.07, 6.45) is 1.21. The van der Waals surface area contributed by atoms with Gasteiger partial charge in [0.15, 0.2) is 11.5 Å². The number of methoxy groups -OCH3 is 2. The zero-order valence-corrected chi connectivity index (χ0v) is 16.6. The summed E-state index contributed by atoms with van der Waals surface area (Å²) in [6, 6.07) is 8.04. The van der Waals surface area contributed by atoms with Crippen molar-refractivity contribution >= 4 is 17.6 Å². The van der Waals surface area contributed by atoms with Crippen LogP contribution in [0.2, 0.25) is 0 Å². The van der Waals surface area contributed by atoms with Gasteiger partial charge in [-0.05, 0) is 18.2 Å². The molecule has 0 saturated carbocycles. The van der Waals surface area contributed by atoms with Crippen molar-refractivity contribution in [3.05, 3.63) is 71.1 Å². The number of amides is 1. The van der Waals surface area contributed by atoms with E-state index >= 15 is 0 Å². The number of carboxylic acids is 1. The first kappa shape index (κ1) is 20.4. The van der Waals surface area contributed by atoms with Gasteiger partial charge in [-0.25, -0.2) is 13.6 Å². The molecule has 31 heavy (non-hydrogen) atoms. The van der Waals surface area contributed by atoms with Crippen LogP contribution in [-0.4, -0.2) is 35.8 Å². The number of halogens is 2. The molecule has 1 aliphatic rings. The predicted octanol–water partition coefficient (Wildman–Crippen LogP) is 3.95. The van der Waals surface area contributed by atoms with Crippen LogP contribution in [0.1, 0.15) is 34.0 Å². The van der Waals surface area contributed by atoms with Crippen molar-refractivity contribution < 1.29 is 33.0 Å². The van der Waals surface area contributed by atoms with Crippen molar-refractivity contribution in [3.63, 3.8) is 0 Å². The molecule has 0 fully saturated rings. The number of carbonyl (C=O) groups is 2. The third-order valence-electron chi connectivity index (χ3n) is 5.19. The third-order valence-corrected chi connectivity index (χ3v) is 5.19. The molecule has 0 radical (unpaired) electrons. The second kappa shape index (κ2) is 7.75. The third kappa shape index (κ3) is 3.48. The van der Waals surface area contributed by atoms with E-state index in [4.69, 9.17) is 9.47 Å². The highest BCUT2D eigenvalue weighted by atomic mass is 19.1. The average molecular weight is 428 g/mol. The van der Waals surface area contributed by atoms with E-state index in [1.165, 1.54) is 25.0 Å². The van der Waals surface area contributed by atoms with Gasteiger partial charge in [-0.15, -0.1) is 0 Å². The summed E-state index contributed by atoms with van der Waals surface area (Å²) in [4.78, 5) is 24.4. The number of carboxylic acid groups (broad SMARTS) is 1. The summed E-state index contributed by atoms with van der Waals surface area (Å²) in [5, 5.41) is 12.3. The smallest absolute Gasteiger partial charge is 0.339 e. The molecule has 0 bridgehead atoms. The van der Waals surface area contributed by atoms with E-state index in [0.29, 0.717) is 22.8 Å². The van der Waals surface area contributed by atoms with Gasteiger partial charge < -0.3 is 24.5 Å². The number of benzene rings is 2. The van der Waals surface area contributed by atoms with Crippen LogP contribution in [0.15, 0.2) is 42.6 Å². The fraction of sp³-hybridized carbons (Fsp3) is 0.182. The van der Waals surface area contributed by atoms with Gasteiger partial charge in [0.2, 0.25) is 5.91 Å². The number of carbonyl (C=O) groups excluding carboxylic acids is 1. The number of hydrogen-bond acceptors (Lipinski definition) is 4. The molecule has 4 rings (SSSR count). The van der Waals surface area contributed by atoms with E-state index in [-0.39, 0.29) is 23.4 Å². The Balaban J connectivity index is 2.02. The molecule has 1 aromatic heterocycles. The fourth-order valence-electron chi connectivity index (χ4n) is 3.97. The highest BCUT2D eigenvalue weighted by Gasteiger charge is 2.36. The van der Waals surface area contributed by atoms with Gasteiger partial charge in [-0.3, -0.25) is 4.79 Å². The molecule has 3 aromatic rings. The molecule has 1 atom stereocenters. The largest absolute Gasteiger partial charge is 0.493 e. The molecular weight excluding hydrogens is 410 g/mol. The van der Waals surface area contributed by atoms with E-state index in [9.17, 15) is 23.5 Å². The van der Waals surface area contributed by atoms with Crippen molar-refractivity contribution in [1.82, 2.24) is 4.57 Å². The molecule has 2 aromatic carbocycles. The van der Waals surface area contributed by atoms with Crippen molar-refractivity contribution in [2.24, 2.45) is 0 Å². The van der Waals surface area contributed by atoms with Crippen molar-refractivity contribution in [1.29, 1.82) is 0 Å². The Morgan fingerprint density at radius 2 is 1.87 bits per heavy atom. The maximum atomic E-state index is 13.9. The van der Waals surface area contributed by atoms with Crippen molar-refractivity contribution in [3.8, 4) is 17.2 Å².